The number of anilines is 1. The summed E-state index contributed by atoms with van der Waals surface area (Å²) in [6.45, 7) is 3.33. The largest absolute Gasteiger partial charge is 0.381 e. The van der Waals surface area contributed by atoms with E-state index in [1.807, 2.05) is 6.92 Å². The minimum absolute atomic E-state index is 0.0500. The van der Waals surface area contributed by atoms with Crippen LogP contribution >= 0.6 is 0 Å². The van der Waals surface area contributed by atoms with E-state index in [4.69, 9.17) is 10.5 Å². The molecule has 1 fully saturated rings. The third-order valence-corrected chi connectivity index (χ3v) is 5.25. The van der Waals surface area contributed by atoms with Gasteiger partial charge in [-0.3, -0.25) is 4.68 Å². The molecule has 7 nitrogen and oxygen atoms in total. The molecule has 2 N–H and O–H groups in total. The molecule has 0 aromatic carbocycles. The quantitative estimate of drug-likeness (QED) is 0.859. The van der Waals surface area contributed by atoms with Gasteiger partial charge in [-0.2, -0.15) is 9.40 Å². The third-order valence-electron chi connectivity index (χ3n) is 3.37. The Balaban J connectivity index is 2.28. The molecular weight excluding hydrogens is 268 g/mol. The number of rotatable bonds is 4. The minimum Gasteiger partial charge on any atom is -0.381 e. The highest BCUT2D eigenvalue weighted by atomic mass is 32.2. The molecule has 1 aromatic heterocycles. The fourth-order valence-corrected chi connectivity index (χ4v) is 3.80. The van der Waals surface area contributed by atoms with Crippen LogP contribution in [0.1, 0.15) is 19.8 Å². The smallest absolute Gasteiger partial charge is 0.248 e. The summed E-state index contributed by atoms with van der Waals surface area (Å²) in [5, 5.41) is 3.99. The topological polar surface area (TPSA) is 90.5 Å². The van der Waals surface area contributed by atoms with E-state index in [1.54, 1.807) is 7.11 Å². The number of methoxy groups -OCH3 is 1. The first kappa shape index (κ1) is 14.3. The molecule has 8 heteroatoms. The molecule has 0 saturated carbocycles. The van der Waals surface area contributed by atoms with Gasteiger partial charge in [0, 0.05) is 32.9 Å². The van der Waals surface area contributed by atoms with Crippen LogP contribution in [0.4, 0.5) is 5.82 Å². The van der Waals surface area contributed by atoms with E-state index >= 15 is 0 Å². The van der Waals surface area contributed by atoms with Crippen molar-refractivity contribution in [2.45, 2.75) is 37.3 Å². The second kappa shape index (κ2) is 5.48. The van der Waals surface area contributed by atoms with Crippen LogP contribution < -0.4 is 5.73 Å². The molecule has 19 heavy (non-hydrogen) atoms. The number of hydrogen-bond donors (Lipinski definition) is 1. The van der Waals surface area contributed by atoms with Gasteiger partial charge < -0.3 is 10.5 Å². The number of nitrogens with two attached hydrogens (primary N) is 1. The second-order valence-corrected chi connectivity index (χ2v) is 6.50. The number of nitrogen functional groups attached to an aromatic ring is 1. The molecule has 1 atom stereocenters. The highest BCUT2D eigenvalue weighted by molar-refractivity contribution is 7.89. The SMILES string of the molecule is CCn1cc(S(=O)(=O)N2CCCC(OC)C2)c(N)n1. The van der Waals surface area contributed by atoms with Crippen LogP contribution in [0.3, 0.4) is 0 Å². The Labute approximate surface area is 113 Å². The van der Waals surface area contributed by atoms with Gasteiger partial charge in [-0.25, -0.2) is 8.42 Å². The molecule has 0 spiro atoms. The van der Waals surface area contributed by atoms with Gasteiger partial charge in [-0.15, -0.1) is 0 Å². The van der Waals surface area contributed by atoms with E-state index in [9.17, 15) is 8.42 Å². The van der Waals surface area contributed by atoms with Crippen LogP contribution in [0.2, 0.25) is 0 Å². The lowest BCUT2D eigenvalue weighted by Gasteiger charge is -2.30. The molecule has 1 aliphatic rings. The van der Waals surface area contributed by atoms with Crippen LogP contribution in [0.25, 0.3) is 0 Å². The Bertz CT molecular complexity index is 540. The Hall–Kier alpha value is -1.12. The predicted molar refractivity (Wildman–Crippen MR) is 71.1 cm³/mol. The number of piperidine rings is 1. The van der Waals surface area contributed by atoms with Crippen LogP contribution in [-0.2, 0) is 21.3 Å². The van der Waals surface area contributed by atoms with Crippen LogP contribution in [0.15, 0.2) is 11.1 Å². The van der Waals surface area contributed by atoms with Gasteiger partial charge in [-0.1, -0.05) is 0 Å². The molecule has 108 valence electrons. The molecule has 0 bridgehead atoms. The van der Waals surface area contributed by atoms with Crippen molar-refractivity contribution < 1.29 is 13.2 Å². The van der Waals surface area contributed by atoms with Crippen molar-refractivity contribution in [3.05, 3.63) is 6.20 Å². The minimum atomic E-state index is -3.58. The summed E-state index contributed by atoms with van der Waals surface area (Å²) >= 11 is 0. The first-order chi connectivity index (χ1) is 8.98. The van der Waals surface area contributed by atoms with Gasteiger partial charge in [0.2, 0.25) is 10.0 Å². The van der Waals surface area contributed by atoms with Crippen molar-refractivity contribution in [3.8, 4) is 0 Å². The molecule has 0 radical (unpaired) electrons. The second-order valence-electron chi connectivity index (χ2n) is 4.60. The van der Waals surface area contributed by atoms with Crippen molar-refractivity contribution >= 4 is 15.8 Å². The summed E-state index contributed by atoms with van der Waals surface area (Å²) in [5.74, 6) is 0.0568. The fraction of sp³-hybridized carbons (Fsp3) is 0.727. The average Bonchev–Trinajstić information content (AvgIpc) is 2.81. The van der Waals surface area contributed by atoms with Gasteiger partial charge in [0.15, 0.2) is 5.82 Å². The first-order valence-electron chi connectivity index (χ1n) is 6.35. The van der Waals surface area contributed by atoms with Crippen molar-refractivity contribution in [2.24, 2.45) is 0 Å². The summed E-state index contributed by atoms with van der Waals surface area (Å²) in [6.07, 6.45) is 3.11. The lowest BCUT2D eigenvalue weighted by atomic mass is 10.1. The lowest BCUT2D eigenvalue weighted by molar-refractivity contribution is 0.0572. The van der Waals surface area contributed by atoms with Crippen molar-refractivity contribution in [1.82, 2.24) is 14.1 Å². The van der Waals surface area contributed by atoms with E-state index in [-0.39, 0.29) is 16.8 Å². The van der Waals surface area contributed by atoms with Crippen molar-refractivity contribution in [2.75, 3.05) is 25.9 Å². The molecule has 0 amide bonds. The Kier molecular flexibility index (Phi) is 4.12. The van der Waals surface area contributed by atoms with Crippen LogP contribution in [-0.4, -0.2) is 48.8 Å². The zero-order chi connectivity index (χ0) is 14.0. The maximum Gasteiger partial charge on any atom is 0.248 e. The highest BCUT2D eigenvalue weighted by Gasteiger charge is 2.32. The van der Waals surface area contributed by atoms with Gasteiger partial charge in [0.1, 0.15) is 4.90 Å². The summed E-state index contributed by atoms with van der Waals surface area (Å²) in [5.41, 5.74) is 5.71. The molecule has 2 heterocycles. The summed E-state index contributed by atoms with van der Waals surface area (Å²) in [4.78, 5) is 0.0890. The summed E-state index contributed by atoms with van der Waals surface area (Å²) in [7, 11) is -1.98. The summed E-state index contributed by atoms with van der Waals surface area (Å²) < 4.78 is 33.3. The molecule has 1 aromatic rings. The number of nitrogens with zero attached hydrogens (tertiary/aromatic N) is 3. The predicted octanol–water partition coefficient (Wildman–Crippen LogP) is 0.285. The fourth-order valence-electron chi connectivity index (χ4n) is 2.23. The standard InChI is InChI=1S/C11H20N4O3S/c1-3-14-8-10(11(12)13-14)19(16,17)15-6-4-5-9(7-15)18-2/h8-9H,3-7H2,1-2H3,(H2,12,13). The number of ether oxygens (including phenoxy) is 1. The molecule has 1 aliphatic heterocycles. The molecule has 1 saturated heterocycles. The van der Waals surface area contributed by atoms with Gasteiger partial charge in [-0.05, 0) is 19.8 Å². The highest BCUT2D eigenvalue weighted by Crippen LogP contribution is 2.25. The molecule has 0 aliphatic carbocycles. The lowest BCUT2D eigenvalue weighted by Crippen LogP contribution is -2.42. The van der Waals surface area contributed by atoms with Crippen molar-refractivity contribution in [3.63, 3.8) is 0 Å². The maximum absolute atomic E-state index is 12.5. The number of sulfonamides is 1. The Morgan fingerprint density at radius 3 is 2.89 bits per heavy atom. The van der Waals surface area contributed by atoms with E-state index in [0.29, 0.717) is 19.6 Å². The molecule has 2 rings (SSSR count). The van der Waals surface area contributed by atoms with Gasteiger partial charge in [0.25, 0.3) is 0 Å². The zero-order valence-corrected chi connectivity index (χ0v) is 12.1. The number of aromatic nitrogens is 2. The molecule has 1 unspecified atom stereocenters. The van der Waals surface area contributed by atoms with Crippen LogP contribution in [0.5, 0.6) is 0 Å². The van der Waals surface area contributed by atoms with E-state index < -0.39 is 10.0 Å². The number of hydrogen-bond acceptors (Lipinski definition) is 5. The monoisotopic (exact) mass is 288 g/mol. The van der Waals surface area contributed by atoms with Gasteiger partial charge in [0.05, 0.1) is 6.10 Å². The van der Waals surface area contributed by atoms with Crippen molar-refractivity contribution in [1.29, 1.82) is 0 Å². The maximum atomic E-state index is 12.5. The zero-order valence-electron chi connectivity index (χ0n) is 11.2. The normalized spacial score (nSPS) is 21.7. The average molecular weight is 288 g/mol. The third kappa shape index (κ3) is 2.75. The Morgan fingerprint density at radius 2 is 2.32 bits per heavy atom. The summed E-state index contributed by atoms with van der Waals surface area (Å²) in [6, 6.07) is 0. The molecular formula is C11H20N4O3S. The van der Waals surface area contributed by atoms with E-state index in [0.717, 1.165) is 12.8 Å². The first-order valence-corrected chi connectivity index (χ1v) is 7.79. The van der Waals surface area contributed by atoms with Crippen LogP contribution in [0, 0.1) is 0 Å². The number of aryl methyl sites for hydroxylation is 1. The Morgan fingerprint density at radius 1 is 1.58 bits per heavy atom. The van der Waals surface area contributed by atoms with E-state index in [2.05, 4.69) is 5.10 Å². The van der Waals surface area contributed by atoms with E-state index in [1.165, 1.54) is 15.2 Å². The van der Waals surface area contributed by atoms with Gasteiger partial charge >= 0.3 is 0 Å².